The van der Waals surface area contributed by atoms with Crippen LogP contribution in [0.25, 0.3) is 16.7 Å². The molecule has 0 radical (unpaired) electrons. The van der Waals surface area contributed by atoms with Gasteiger partial charge in [-0.2, -0.15) is 5.10 Å². The van der Waals surface area contributed by atoms with Crippen LogP contribution in [0.2, 0.25) is 0 Å². The molecule has 7 nitrogen and oxygen atoms in total. The Hall–Kier alpha value is -2.96. The van der Waals surface area contributed by atoms with Crippen molar-refractivity contribution in [3.8, 4) is 5.69 Å². The molecule has 3 aromatic rings. The van der Waals surface area contributed by atoms with Crippen LogP contribution in [-0.2, 0) is 4.79 Å². The molecule has 4 rings (SSSR count). The van der Waals surface area contributed by atoms with Crippen molar-refractivity contribution in [2.24, 2.45) is 5.92 Å². The minimum absolute atomic E-state index is 0.166. The van der Waals surface area contributed by atoms with Gasteiger partial charge in [0.05, 0.1) is 17.3 Å². The van der Waals surface area contributed by atoms with E-state index in [-0.39, 0.29) is 11.8 Å². The van der Waals surface area contributed by atoms with Crippen LogP contribution < -0.4 is 10.6 Å². The van der Waals surface area contributed by atoms with E-state index in [9.17, 15) is 4.79 Å². The zero-order valence-electron chi connectivity index (χ0n) is 16.6. The lowest BCUT2D eigenvalue weighted by atomic mass is 9.85. The van der Waals surface area contributed by atoms with Gasteiger partial charge in [0.1, 0.15) is 11.6 Å². The number of benzene rings is 1. The van der Waals surface area contributed by atoms with Crippen LogP contribution in [0.1, 0.15) is 36.2 Å². The third-order valence-electron chi connectivity index (χ3n) is 5.31. The summed E-state index contributed by atoms with van der Waals surface area (Å²) in [6, 6.07) is 6.28. The summed E-state index contributed by atoms with van der Waals surface area (Å²) in [5, 5.41) is 11.8. The Balaban J connectivity index is 1.53. The van der Waals surface area contributed by atoms with Crippen LogP contribution in [0.15, 0.2) is 24.4 Å². The van der Waals surface area contributed by atoms with E-state index in [1.54, 1.807) is 6.20 Å². The van der Waals surface area contributed by atoms with Crippen LogP contribution >= 0.6 is 0 Å². The number of hydrogen-bond donors (Lipinski definition) is 2. The van der Waals surface area contributed by atoms with Crippen molar-refractivity contribution in [3.63, 3.8) is 0 Å². The predicted octanol–water partition coefficient (Wildman–Crippen LogP) is 3.07. The first-order valence-electron chi connectivity index (χ1n) is 9.84. The van der Waals surface area contributed by atoms with E-state index in [1.165, 1.54) is 12.0 Å². The first-order valence-corrected chi connectivity index (χ1v) is 9.84. The van der Waals surface area contributed by atoms with Crippen LogP contribution in [0.5, 0.6) is 0 Å². The third kappa shape index (κ3) is 3.56. The molecule has 28 heavy (non-hydrogen) atoms. The van der Waals surface area contributed by atoms with E-state index in [2.05, 4.69) is 57.7 Å². The van der Waals surface area contributed by atoms with E-state index in [4.69, 9.17) is 0 Å². The average molecular weight is 378 g/mol. The van der Waals surface area contributed by atoms with E-state index in [0.717, 1.165) is 40.9 Å². The number of hydrogen-bond acceptors (Lipinski definition) is 5. The molecule has 1 aromatic carbocycles. The summed E-state index contributed by atoms with van der Waals surface area (Å²) in [5.41, 5.74) is 4.15. The molecule has 146 valence electrons. The molecule has 7 heteroatoms. The molecule has 1 aliphatic rings. The van der Waals surface area contributed by atoms with Gasteiger partial charge in [-0.25, -0.2) is 14.6 Å². The molecule has 0 saturated heterocycles. The normalized spacial score (nSPS) is 14.1. The fraction of sp³-hybridized carbons (Fsp3) is 0.429. The fourth-order valence-corrected chi connectivity index (χ4v) is 3.55. The van der Waals surface area contributed by atoms with Crippen molar-refractivity contribution < 1.29 is 4.79 Å². The summed E-state index contributed by atoms with van der Waals surface area (Å²) >= 11 is 0. The zero-order chi connectivity index (χ0) is 19.7. The highest BCUT2D eigenvalue weighted by atomic mass is 16.1. The summed E-state index contributed by atoms with van der Waals surface area (Å²) in [5.74, 6) is 1.81. The van der Waals surface area contributed by atoms with Crippen molar-refractivity contribution in [3.05, 3.63) is 41.3 Å². The fourth-order valence-electron chi connectivity index (χ4n) is 3.55. The van der Waals surface area contributed by atoms with Crippen LogP contribution in [0, 0.1) is 26.7 Å². The monoisotopic (exact) mass is 378 g/mol. The molecular weight excluding hydrogens is 352 g/mol. The summed E-state index contributed by atoms with van der Waals surface area (Å²) in [6.07, 6.45) is 4.99. The molecule has 0 aliphatic heterocycles. The summed E-state index contributed by atoms with van der Waals surface area (Å²) in [7, 11) is 0. The predicted molar refractivity (Wildman–Crippen MR) is 110 cm³/mol. The lowest BCUT2D eigenvalue weighted by molar-refractivity contribution is -0.127. The highest BCUT2D eigenvalue weighted by Crippen LogP contribution is 2.26. The van der Waals surface area contributed by atoms with Gasteiger partial charge in [0.25, 0.3) is 0 Å². The Morgan fingerprint density at radius 3 is 2.71 bits per heavy atom. The molecule has 2 N–H and O–H groups in total. The summed E-state index contributed by atoms with van der Waals surface area (Å²) < 4.78 is 1.86. The van der Waals surface area contributed by atoms with E-state index < -0.39 is 0 Å². The lowest BCUT2D eigenvalue weighted by Crippen LogP contribution is -2.36. The minimum atomic E-state index is 0.166. The second-order valence-electron chi connectivity index (χ2n) is 7.55. The number of anilines is 1. The smallest absolute Gasteiger partial charge is 0.223 e. The number of amides is 1. The van der Waals surface area contributed by atoms with Crippen molar-refractivity contribution in [1.82, 2.24) is 25.1 Å². The largest absolute Gasteiger partial charge is 0.368 e. The number of rotatable bonds is 6. The molecule has 1 aliphatic carbocycles. The van der Waals surface area contributed by atoms with Gasteiger partial charge in [-0.1, -0.05) is 24.1 Å². The SMILES string of the molecule is Cc1ccc(-n2ncc3c(NCCNC(=O)C4CCC4)nc(C)nc32)c(C)c1. The first kappa shape index (κ1) is 18.4. The quantitative estimate of drug-likeness (QED) is 0.644. The number of nitrogens with one attached hydrogen (secondary N) is 2. The number of nitrogens with zero attached hydrogens (tertiary/aromatic N) is 4. The molecule has 1 fully saturated rings. The average Bonchev–Trinajstić information content (AvgIpc) is 3.00. The number of fused-ring (bicyclic) bond motifs is 1. The van der Waals surface area contributed by atoms with Crippen molar-refractivity contribution in [2.75, 3.05) is 18.4 Å². The summed E-state index contributed by atoms with van der Waals surface area (Å²) in [6.45, 7) is 7.22. The number of carbonyl (C=O) groups is 1. The van der Waals surface area contributed by atoms with Gasteiger partial charge in [-0.05, 0) is 45.2 Å². The second-order valence-corrected chi connectivity index (χ2v) is 7.55. The Labute approximate surface area is 164 Å². The van der Waals surface area contributed by atoms with E-state index >= 15 is 0 Å². The van der Waals surface area contributed by atoms with E-state index in [0.29, 0.717) is 18.9 Å². The first-order chi connectivity index (χ1) is 13.5. The maximum Gasteiger partial charge on any atom is 0.223 e. The van der Waals surface area contributed by atoms with E-state index in [1.807, 2.05) is 11.6 Å². The van der Waals surface area contributed by atoms with Gasteiger partial charge >= 0.3 is 0 Å². The number of aromatic nitrogens is 4. The molecule has 2 heterocycles. The van der Waals surface area contributed by atoms with Crippen molar-refractivity contribution in [1.29, 1.82) is 0 Å². The molecule has 1 saturated carbocycles. The van der Waals surface area contributed by atoms with Gasteiger partial charge < -0.3 is 10.6 Å². The van der Waals surface area contributed by atoms with Crippen LogP contribution in [-0.4, -0.2) is 38.7 Å². The maximum atomic E-state index is 11.9. The highest BCUT2D eigenvalue weighted by Gasteiger charge is 2.24. The molecule has 0 atom stereocenters. The number of carbonyl (C=O) groups excluding carboxylic acids is 1. The summed E-state index contributed by atoms with van der Waals surface area (Å²) in [4.78, 5) is 21.1. The standard InChI is InChI=1S/C21H26N6O/c1-13-7-8-18(14(2)11-13)27-20-17(12-24-27)19(25-15(3)26-20)22-9-10-23-21(28)16-5-4-6-16/h7-8,11-12,16H,4-6,9-10H2,1-3H3,(H,23,28)(H,22,25,26). The lowest BCUT2D eigenvalue weighted by Gasteiger charge is -2.24. The Morgan fingerprint density at radius 1 is 1.18 bits per heavy atom. The number of aryl methyl sites for hydroxylation is 3. The third-order valence-corrected chi connectivity index (χ3v) is 5.31. The van der Waals surface area contributed by atoms with Gasteiger partial charge in [0.15, 0.2) is 5.65 Å². The molecule has 0 bridgehead atoms. The van der Waals surface area contributed by atoms with Gasteiger partial charge in [-0.3, -0.25) is 4.79 Å². The van der Waals surface area contributed by atoms with Crippen molar-refractivity contribution in [2.45, 2.75) is 40.0 Å². The Kier molecular flexibility index (Phi) is 4.98. The Bertz CT molecular complexity index is 1020. The van der Waals surface area contributed by atoms with Crippen LogP contribution in [0.4, 0.5) is 5.82 Å². The molecule has 2 aromatic heterocycles. The van der Waals surface area contributed by atoms with Crippen LogP contribution in [0.3, 0.4) is 0 Å². The maximum absolute atomic E-state index is 11.9. The highest BCUT2D eigenvalue weighted by molar-refractivity contribution is 5.87. The molecular formula is C21H26N6O. The second kappa shape index (κ2) is 7.58. The van der Waals surface area contributed by atoms with Gasteiger partial charge in [0.2, 0.25) is 5.91 Å². The zero-order valence-corrected chi connectivity index (χ0v) is 16.6. The Morgan fingerprint density at radius 2 is 2.00 bits per heavy atom. The molecule has 0 unspecified atom stereocenters. The molecule has 1 amide bonds. The van der Waals surface area contributed by atoms with Crippen molar-refractivity contribution >= 4 is 22.8 Å². The minimum Gasteiger partial charge on any atom is -0.368 e. The topological polar surface area (TPSA) is 84.7 Å². The van der Waals surface area contributed by atoms with Gasteiger partial charge in [0, 0.05) is 19.0 Å². The molecule has 0 spiro atoms. The van der Waals surface area contributed by atoms with Gasteiger partial charge in [-0.15, -0.1) is 0 Å².